The van der Waals surface area contributed by atoms with E-state index >= 15 is 0 Å². The highest BCUT2D eigenvalue weighted by molar-refractivity contribution is 4.71. The Morgan fingerprint density at radius 1 is 1.45 bits per heavy atom. The molecule has 0 amide bonds. The smallest absolute Gasteiger partial charge is 0.0718 e. The lowest BCUT2D eigenvalue weighted by Crippen LogP contribution is -2.43. The van der Waals surface area contributed by atoms with E-state index in [1.54, 1.807) is 7.11 Å². The Kier molecular flexibility index (Phi) is 6.45. The second-order valence-corrected chi connectivity index (χ2v) is 2.41. The van der Waals surface area contributed by atoms with E-state index in [0.717, 1.165) is 0 Å². The van der Waals surface area contributed by atoms with E-state index in [1.807, 2.05) is 6.92 Å². The fourth-order valence-corrected chi connectivity index (χ4v) is 0.793. The highest BCUT2D eigenvalue weighted by Crippen LogP contribution is 1.95. The quantitative estimate of drug-likeness (QED) is 0.468. The summed E-state index contributed by atoms with van der Waals surface area (Å²) in [4.78, 5) is 0. The fraction of sp³-hybridized carbons (Fsp3) is 1.00. The molecule has 0 heterocycles. The molecule has 11 heavy (non-hydrogen) atoms. The van der Waals surface area contributed by atoms with Gasteiger partial charge in [-0.3, -0.25) is 0 Å². The largest absolute Gasteiger partial charge is 0.395 e. The number of ether oxygens (including phenoxy) is 1. The van der Waals surface area contributed by atoms with Crippen LogP contribution in [0.4, 0.5) is 0 Å². The van der Waals surface area contributed by atoms with Gasteiger partial charge in [0.2, 0.25) is 0 Å². The summed E-state index contributed by atoms with van der Waals surface area (Å²) >= 11 is 0. The Labute approximate surface area is 67.2 Å². The normalized spacial score (nSPS) is 16.4. The van der Waals surface area contributed by atoms with Crippen LogP contribution in [0, 0.1) is 0 Å². The third kappa shape index (κ3) is 4.31. The fourth-order valence-electron chi connectivity index (χ4n) is 0.793. The molecule has 0 aliphatic carbocycles. The molecule has 0 aromatic carbocycles. The lowest BCUT2D eigenvalue weighted by atomic mass is 10.2. The highest BCUT2D eigenvalue weighted by Gasteiger charge is 2.13. The molecule has 0 spiro atoms. The summed E-state index contributed by atoms with van der Waals surface area (Å²) in [6.07, 6.45) is -0.0356. The van der Waals surface area contributed by atoms with Gasteiger partial charge in [0.05, 0.1) is 25.4 Å². The van der Waals surface area contributed by atoms with Crippen LogP contribution in [0.5, 0.6) is 0 Å². The average Bonchev–Trinajstić information content (AvgIpc) is 2.05. The summed E-state index contributed by atoms with van der Waals surface area (Å²) in [5.41, 5.74) is 0. The molecule has 0 saturated heterocycles. The molecule has 2 atom stereocenters. The van der Waals surface area contributed by atoms with Crippen LogP contribution in [-0.4, -0.2) is 49.2 Å². The van der Waals surface area contributed by atoms with Crippen molar-refractivity contribution in [2.75, 3.05) is 26.9 Å². The maximum atomic E-state index is 8.83. The van der Waals surface area contributed by atoms with E-state index in [-0.39, 0.29) is 25.4 Å². The SMILES string of the molecule is COC(C)C(CO)NCCO. The van der Waals surface area contributed by atoms with Crippen molar-refractivity contribution >= 4 is 0 Å². The number of rotatable bonds is 6. The number of aliphatic hydroxyl groups excluding tert-OH is 2. The zero-order chi connectivity index (χ0) is 8.69. The summed E-state index contributed by atoms with van der Waals surface area (Å²) in [5, 5.41) is 20.3. The first kappa shape index (κ1) is 10.8. The van der Waals surface area contributed by atoms with Gasteiger partial charge in [-0.1, -0.05) is 0 Å². The maximum absolute atomic E-state index is 8.83. The molecule has 0 fully saturated rings. The molecule has 4 heteroatoms. The number of hydrogen-bond acceptors (Lipinski definition) is 4. The topological polar surface area (TPSA) is 61.7 Å². The molecule has 0 aromatic heterocycles. The van der Waals surface area contributed by atoms with Crippen LogP contribution >= 0.6 is 0 Å². The monoisotopic (exact) mass is 163 g/mol. The number of methoxy groups -OCH3 is 1. The summed E-state index contributed by atoms with van der Waals surface area (Å²) < 4.78 is 5.00. The number of nitrogens with one attached hydrogen (secondary N) is 1. The Hall–Kier alpha value is -0.160. The average molecular weight is 163 g/mol. The second-order valence-electron chi connectivity index (χ2n) is 2.41. The van der Waals surface area contributed by atoms with Gasteiger partial charge in [0, 0.05) is 13.7 Å². The van der Waals surface area contributed by atoms with Gasteiger partial charge in [0.25, 0.3) is 0 Å². The van der Waals surface area contributed by atoms with Gasteiger partial charge >= 0.3 is 0 Å². The predicted molar refractivity (Wildman–Crippen MR) is 42.4 cm³/mol. The Morgan fingerprint density at radius 3 is 2.45 bits per heavy atom. The molecule has 0 aliphatic rings. The van der Waals surface area contributed by atoms with Crippen LogP contribution in [0.25, 0.3) is 0 Å². The van der Waals surface area contributed by atoms with Crippen molar-refractivity contribution in [1.29, 1.82) is 0 Å². The van der Waals surface area contributed by atoms with Gasteiger partial charge in [-0.25, -0.2) is 0 Å². The van der Waals surface area contributed by atoms with Gasteiger partial charge in [0.15, 0.2) is 0 Å². The predicted octanol–water partition coefficient (Wildman–Crippen LogP) is -1.04. The lowest BCUT2D eigenvalue weighted by Gasteiger charge is -2.21. The van der Waals surface area contributed by atoms with Crippen molar-refractivity contribution in [2.24, 2.45) is 0 Å². The van der Waals surface area contributed by atoms with Crippen LogP contribution < -0.4 is 5.32 Å². The standard InChI is InChI=1S/C7H17NO3/c1-6(11-2)7(5-10)8-3-4-9/h6-10H,3-5H2,1-2H3. The summed E-state index contributed by atoms with van der Waals surface area (Å²) in [6.45, 7) is 2.45. The number of aliphatic hydroxyl groups is 2. The van der Waals surface area contributed by atoms with Gasteiger partial charge in [-0.15, -0.1) is 0 Å². The molecular weight excluding hydrogens is 146 g/mol. The molecule has 3 N–H and O–H groups in total. The third-order valence-electron chi connectivity index (χ3n) is 1.65. The molecular formula is C7H17NO3. The first-order chi connectivity index (χ1) is 5.26. The van der Waals surface area contributed by atoms with Crippen LogP contribution in [-0.2, 0) is 4.74 Å². The van der Waals surface area contributed by atoms with E-state index in [1.165, 1.54) is 0 Å². The minimum absolute atomic E-state index is 0.0228. The second kappa shape index (κ2) is 6.54. The van der Waals surface area contributed by atoms with Crippen molar-refractivity contribution in [2.45, 2.75) is 19.1 Å². The van der Waals surface area contributed by atoms with Crippen LogP contribution in [0.3, 0.4) is 0 Å². The molecule has 4 nitrogen and oxygen atoms in total. The Morgan fingerprint density at radius 2 is 2.09 bits per heavy atom. The molecule has 0 rings (SSSR count). The summed E-state index contributed by atoms with van der Waals surface area (Å²) in [5.74, 6) is 0. The molecule has 0 aromatic rings. The van der Waals surface area contributed by atoms with Crippen molar-refractivity contribution in [1.82, 2.24) is 5.32 Å². The van der Waals surface area contributed by atoms with Gasteiger partial charge in [-0.2, -0.15) is 0 Å². The van der Waals surface area contributed by atoms with E-state index < -0.39 is 0 Å². The maximum Gasteiger partial charge on any atom is 0.0718 e. The first-order valence-corrected chi connectivity index (χ1v) is 3.74. The minimum Gasteiger partial charge on any atom is -0.395 e. The lowest BCUT2D eigenvalue weighted by molar-refractivity contribution is 0.0569. The zero-order valence-electron chi connectivity index (χ0n) is 7.08. The molecule has 0 saturated carbocycles. The van der Waals surface area contributed by atoms with E-state index in [9.17, 15) is 0 Å². The molecule has 0 radical (unpaired) electrons. The van der Waals surface area contributed by atoms with Gasteiger partial charge in [0.1, 0.15) is 0 Å². The van der Waals surface area contributed by atoms with E-state index in [0.29, 0.717) is 6.54 Å². The molecule has 0 aliphatic heterocycles. The van der Waals surface area contributed by atoms with Crippen LogP contribution in [0.15, 0.2) is 0 Å². The molecule has 2 unspecified atom stereocenters. The number of hydrogen-bond donors (Lipinski definition) is 3. The summed E-state index contributed by atoms with van der Waals surface area (Å²) in [6, 6.07) is -0.0906. The van der Waals surface area contributed by atoms with Crippen LogP contribution in [0.2, 0.25) is 0 Å². The summed E-state index contributed by atoms with van der Waals surface area (Å²) in [7, 11) is 1.59. The minimum atomic E-state index is -0.0906. The van der Waals surface area contributed by atoms with Gasteiger partial charge < -0.3 is 20.3 Å². The third-order valence-corrected chi connectivity index (χ3v) is 1.65. The molecule has 68 valence electrons. The highest BCUT2D eigenvalue weighted by atomic mass is 16.5. The molecule has 0 bridgehead atoms. The Bertz CT molecular complexity index is 89.8. The zero-order valence-corrected chi connectivity index (χ0v) is 7.08. The van der Waals surface area contributed by atoms with Gasteiger partial charge in [-0.05, 0) is 6.92 Å². The van der Waals surface area contributed by atoms with E-state index in [4.69, 9.17) is 14.9 Å². The van der Waals surface area contributed by atoms with Crippen molar-refractivity contribution in [3.63, 3.8) is 0 Å². The Balaban J connectivity index is 3.56. The van der Waals surface area contributed by atoms with Crippen molar-refractivity contribution < 1.29 is 14.9 Å². The van der Waals surface area contributed by atoms with E-state index in [2.05, 4.69) is 5.32 Å². The van der Waals surface area contributed by atoms with Crippen molar-refractivity contribution in [3.8, 4) is 0 Å². The van der Waals surface area contributed by atoms with Crippen LogP contribution in [0.1, 0.15) is 6.92 Å². The first-order valence-electron chi connectivity index (χ1n) is 3.74. The van der Waals surface area contributed by atoms with Crippen molar-refractivity contribution in [3.05, 3.63) is 0 Å².